The fourth-order valence-electron chi connectivity index (χ4n) is 3.77. The van der Waals surface area contributed by atoms with Crippen molar-refractivity contribution in [3.8, 4) is 0 Å². The van der Waals surface area contributed by atoms with Crippen LogP contribution in [-0.2, 0) is 12.8 Å². The third-order valence-corrected chi connectivity index (χ3v) is 4.87. The van der Waals surface area contributed by atoms with Crippen LogP contribution >= 0.6 is 0 Å². The Morgan fingerprint density at radius 2 is 1.17 bits per heavy atom. The maximum atomic E-state index is 9.46. The Bertz CT molecular complexity index is 1030. The summed E-state index contributed by atoms with van der Waals surface area (Å²) >= 11 is 0. The largest absolute Gasteiger partial charge is 0.396 e. The number of rotatable bonds is 4. The van der Waals surface area contributed by atoms with E-state index >= 15 is 0 Å². The molecule has 2 heteroatoms. The number of aliphatic hydroxyl groups is 2. The molecule has 24 heavy (non-hydrogen) atoms. The van der Waals surface area contributed by atoms with Crippen molar-refractivity contribution in [2.75, 3.05) is 13.2 Å². The topological polar surface area (TPSA) is 40.5 Å². The number of benzene rings is 4. The molecule has 2 nitrogen and oxygen atoms in total. The summed E-state index contributed by atoms with van der Waals surface area (Å²) in [7, 11) is 0. The maximum absolute atomic E-state index is 9.46. The Kier molecular flexibility index (Phi) is 3.93. The number of aliphatic hydroxyl groups excluding tert-OH is 2. The van der Waals surface area contributed by atoms with E-state index in [1.807, 2.05) is 0 Å². The van der Waals surface area contributed by atoms with Gasteiger partial charge in [0.1, 0.15) is 0 Å². The van der Waals surface area contributed by atoms with Crippen LogP contribution in [0.1, 0.15) is 11.1 Å². The second-order valence-corrected chi connectivity index (χ2v) is 6.19. The lowest BCUT2D eigenvalue weighted by molar-refractivity contribution is 0.293. The summed E-state index contributed by atoms with van der Waals surface area (Å²) in [5.74, 6) is 0. The smallest absolute Gasteiger partial charge is 0.0471 e. The average Bonchev–Trinajstić information content (AvgIpc) is 2.63. The average molecular weight is 316 g/mol. The molecule has 2 N–H and O–H groups in total. The first-order valence-corrected chi connectivity index (χ1v) is 8.40. The SMILES string of the molecule is OCCc1ccc2c(ccc3c4ccccc4ccc23)c1CCO. The minimum Gasteiger partial charge on any atom is -0.396 e. The first-order chi connectivity index (χ1) is 11.8. The summed E-state index contributed by atoms with van der Waals surface area (Å²) in [6.45, 7) is 0.245. The Balaban J connectivity index is 2.08. The van der Waals surface area contributed by atoms with E-state index in [0.717, 1.165) is 11.1 Å². The van der Waals surface area contributed by atoms with Crippen molar-refractivity contribution < 1.29 is 10.2 Å². The summed E-state index contributed by atoms with van der Waals surface area (Å²) in [5.41, 5.74) is 2.28. The predicted octanol–water partition coefficient (Wildman–Crippen LogP) is 4.22. The molecule has 0 amide bonds. The highest BCUT2D eigenvalue weighted by atomic mass is 16.3. The van der Waals surface area contributed by atoms with E-state index in [1.54, 1.807) is 0 Å². The van der Waals surface area contributed by atoms with E-state index in [0.29, 0.717) is 12.8 Å². The number of hydrogen-bond acceptors (Lipinski definition) is 2. The van der Waals surface area contributed by atoms with Gasteiger partial charge in [0, 0.05) is 13.2 Å². The monoisotopic (exact) mass is 316 g/mol. The molecule has 0 saturated heterocycles. The quantitative estimate of drug-likeness (QED) is 0.554. The summed E-state index contributed by atoms with van der Waals surface area (Å²) in [6.07, 6.45) is 1.24. The molecule has 0 radical (unpaired) electrons. The maximum Gasteiger partial charge on any atom is 0.0471 e. The molecule has 0 spiro atoms. The molecule has 0 aromatic heterocycles. The second-order valence-electron chi connectivity index (χ2n) is 6.19. The zero-order chi connectivity index (χ0) is 16.5. The van der Waals surface area contributed by atoms with Gasteiger partial charge in [-0.05, 0) is 56.3 Å². The van der Waals surface area contributed by atoms with Gasteiger partial charge in [0.2, 0.25) is 0 Å². The van der Waals surface area contributed by atoms with Crippen molar-refractivity contribution in [2.24, 2.45) is 0 Å². The Morgan fingerprint density at radius 1 is 0.542 bits per heavy atom. The van der Waals surface area contributed by atoms with Crippen LogP contribution in [0.5, 0.6) is 0 Å². The molecule has 0 aliphatic heterocycles. The molecule has 4 rings (SSSR count). The van der Waals surface area contributed by atoms with Gasteiger partial charge in [0.05, 0.1) is 0 Å². The highest BCUT2D eigenvalue weighted by Crippen LogP contribution is 2.33. The lowest BCUT2D eigenvalue weighted by Gasteiger charge is -2.14. The van der Waals surface area contributed by atoms with Crippen LogP contribution in [-0.4, -0.2) is 23.4 Å². The van der Waals surface area contributed by atoms with E-state index in [1.165, 1.54) is 32.3 Å². The summed E-state index contributed by atoms with van der Waals surface area (Å²) < 4.78 is 0. The summed E-state index contributed by atoms with van der Waals surface area (Å²) in [5, 5.41) is 26.2. The lowest BCUT2D eigenvalue weighted by atomic mass is 9.91. The van der Waals surface area contributed by atoms with Crippen molar-refractivity contribution in [3.63, 3.8) is 0 Å². The van der Waals surface area contributed by atoms with Crippen LogP contribution in [0.3, 0.4) is 0 Å². The first kappa shape index (κ1) is 15.1. The summed E-state index contributed by atoms with van der Waals surface area (Å²) in [6, 6.07) is 21.4. The van der Waals surface area contributed by atoms with Crippen molar-refractivity contribution in [2.45, 2.75) is 12.8 Å². The summed E-state index contributed by atoms with van der Waals surface area (Å²) in [4.78, 5) is 0. The molecule has 0 bridgehead atoms. The van der Waals surface area contributed by atoms with Gasteiger partial charge in [-0.25, -0.2) is 0 Å². The zero-order valence-electron chi connectivity index (χ0n) is 13.5. The van der Waals surface area contributed by atoms with E-state index in [2.05, 4.69) is 60.7 Å². The van der Waals surface area contributed by atoms with Gasteiger partial charge >= 0.3 is 0 Å². The van der Waals surface area contributed by atoms with Crippen molar-refractivity contribution in [3.05, 3.63) is 71.8 Å². The standard InChI is InChI=1S/C22H20O2/c23-13-11-16-6-8-22-20(18(16)12-14-24)10-9-19-17-4-2-1-3-15(17)5-7-21(19)22/h1-10,23-24H,11-14H2. The molecule has 4 aromatic rings. The zero-order valence-corrected chi connectivity index (χ0v) is 13.5. The number of hydrogen-bond donors (Lipinski definition) is 2. The minimum atomic E-state index is 0.118. The predicted molar refractivity (Wildman–Crippen MR) is 101 cm³/mol. The highest BCUT2D eigenvalue weighted by molar-refractivity contribution is 6.17. The molecule has 0 fully saturated rings. The van der Waals surface area contributed by atoms with Gasteiger partial charge in [-0.1, -0.05) is 60.7 Å². The first-order valence-electron chi connectivity index (χ1n) is 8.40. The van der Waals surface area contributed by atoms with Crippen molar-refractivity contribution in [1.29, 1.82) is 0 Å². The van der Waals surface area contributed by atoms with Gasteiger partial charge in [0.25, 0.3) is 0 Å². The van der Waals surface area contributed by atoms with E-state index < -0.39 is 0 Å². The molecule has 0 aliphatic carbocycles. The van der Waals surface area contributed by atoms with Gasteiger partial charge in [-0.3, -0.25) is 0 Å². The molecule has 0 unspecified atom stereocenters. The van der Waals surface area contributed by atoms with Gasteiger partial charge in [-0.15, -0.1) is 0 Å². The fraction of sp³-hybridized carbons (Fsp3) is 0.182. The van der Waals surface area contributed by atoms with E-state index in [9.17, 15) is 10.2 Å². The van der Waals surface area contributed by atoms with Crippen LogP contribution < -0.4 is 0 Å². The van der Waals surface area contributed by atoms with Gasteiger partial charge in [-0.2, -0.15) is 0 Å². The highest BCUT2D eigenvalue weighted by Gasteiger charge is 2.10. The molecule has 0 saturated carbocycles. The third-order valence-electron chi connectivity index (χ3n) is 4.87. The molecule has 0 atom stereocenters. The molecule has 0 heterocycles. The molecular formula is C22H20O2. The Morgan fingerprint density at radius 3 is 2.00 bits per heavy atom. The van der Waals surface area contributed by atoms with Gasteiger partial charge in [0.15, 0.2) is 0 Å². The Hall–Kier alpha value is -2.42. The van der Waals surface area contributed by atoms with Crippen molar-refractivity contribution >= 4 is 32.3 Å². The Labute approximate surface area is 141 Å². The van der Waals surface area contributed by atoms with Crippen LogP contribution in [0, 0.1) is 0 Å². The van der Waals surface area contributed by atoms with Crippen molar-refractivity contribution in [1.82, 2.24) is 0 Å². The minimum absolute atomic E-state index is 0.118. The fourth-order valence-corrected chi connectivity index (χ4v) is 3.77. The van der Waals surface area contributed by atoms with Crippen LogP contribution in [0.15, 0.2) is 60.7 Å². The number of fused-ring (bicyclic) bond motifs is 5. The van der Waals surface area contributed by atoms with Crippen LogP contribution in [0.4, 0.5) is 0 Å². The lowest BCUT2D eigenvalue weighted by Crippen LogP contribution is -2.01. The van der Waals surface area contributed by atoms with E-state index in [-0.39, 0.29) is 13.2 Å². The second kappa shape index (κ2) is 6.23. The molecular weight excluding hydrogens is 296 g/mol. The third kappa shape index (κ3) is 2.35. The molecule has 4 aromatic carbocycles. The molecule has 120 valence electrons. The molecule has 0 aliphatic rings. The van der Waals surface area contributed by atoms with Crippen LogP contribution in [0.2, 0.25) is 0 Å². The normalized spacial score (nSPS) is 11.6. The van der Waals surface area contributed by atoms with Gasteiger partial charge < -0.3 is 10.2 Å². The van der Waals surface area contributed by atoms with Crippen LogP contribution in [0.25, 0.3) is 32.3 Å². The van der Waals surface area contributed by atoms with E-state index in [4.69, 9.17) is 0 Å².